The number of ketones is 1. The molecule has 3 aromatic rings. The van der Waals surface area contributed by atoms with Crippen LogP contribution in [0.3, 0.4) is 0 Å². The first-order valence-electron chi connectivity index (χ1n) is 9.79. The Morgan fingerprint density at radius 1 is 1.20 bits per heavy atom. The van der Waals surface area contributed by atoms with Gasteiger partial charge in [-0.1, -0.05) is 25.1 Å². The van der Waals surface area contributed by atoms with Crippen molar-refractivity contribution in [3.05, 3.63) is 59.9 Å². The van der Waals surface area contributed by atoms with Crippen LogP contribution in [0.15, 0.2) is 48.7 Å². The van der Waals surface area contributed by atoms with Gasteiger partial charge in [-0.05, 0) is 42.5 Å². The Bertz CT molecular complexity index is 1270. The van der Waals surface area contributed by atoms with Crippen molar-refractivity contribution < 1.29 is 13.2 Å². The molecular formula is C22H22N4O3S. The van der Waals surface area contributed by atoms with E-state index in [-0.39, 0.29) is 22.9 Å². The van der Waals surface area contributed by atoms with Crippen molar-refractivity contribution in [2.75, 3.05) is 16.3 Å². The molecule has 154 valence electrons. The highest BCUT2D eigenvalue weighted by atomic mass is 32.2. The number of hydrogen-bond donors (Lipinski definition) is 3. The summed E-state index contributed by atoms with van der Waals surface area (Å²) in [5, 5.41) is 3.42. The number of H-pyrrole nitrogens is 1. The van der Waals surface area contributed by atoms with E-state index in [2.05, 4.69) is 26.9 Å². The van der Waals surface area contributed by atoms with Crippen molar-refractivity contribution in [2.24, 2.45) is 11.3 Å². The Hall–Kier alpha value is -3.13. The number of aromatic amines is 1. The number of anilines is 3. The molecule has 2 aliphatic rings. The highest BCUT2D eigenvalue weighted by Crippen LogP contribution is 2.60. The lowest BCUT2D eigenvalue weighted by molar-refractivity contribution is 0.0941. The lowest BCUT2D eigenvalue weighted by Gasteiger charge is -2.18. The molecule has 2 atom stereocenters. The van der Waals surface area contributed by atoms with Crippen LogP contribution in [0, 0.1) is 11.3 Å². The number of carbonyl (C=O) groups is 1. The van der Waals surface area contributed by atoms with E-state index in [0.717, 1.165) is 47.4 Å². The Morgan fingerprint density at radius 2 is 1.97 bits per heavy atom. The van der Waals surface area contributed by atoms with Gasteiger partial charge in [0.05, 0.1) is 23.2 Å². The second kappa shape index (κ2) is 6.43. The summed E-state index contributed by atoms with van der Waals surface area (Å²) in [6, 6.07) is 13.2. The number of aromatic nitrogens is 2. The van der Waals surface area contributed by atoms with Crippen LogP contribution in [0.4, 0.5) is 17.2 Å². The molecule has 7 nitrogen and oxygen atoms in total. The van der Waals surface area contributed by atoms with Crippen molar-refractivity contribution in [1.82, 2.24) is 9.97 Å². The molecule has 0 bridgehead atoms. The quantitative estimate of drug-likeness (QED) is 0.577. The zero-order valence-corrected chi connectivity index (χ0v) is 17.5. The summed E-state index contributed by atoms with van der Waals surface area (Å²) in [4.78, 5) is 20.8. The molecule has 30 heavy (non-hydrogen) atoms. The molecule has 2 aromatic heterocycles. The third-order valence-corrected chi connectivity index (χ3v) is 6.53. The van der Waals surface area contributed by atoms with E-state index in [1.165, 1.54) is 0 Å². The van der Waals surface area contributed by atoms with Crippen LogP contribution in [-0.4, -0.2) is 30.4 Å². The molecule has 3 N–H and O–H groups in total. The van der Waals surface area contributed by atoms with Crippen LogP contribution in [0.1, 0.15) is 29.4 Å². The number of benzene rings is 1. The van der Waals surface area contributed by atoms with E-state index in [0.29, 0.717) is 5.56 Å². The van der Waals surface area contributed by atoms with E-state index in [9.17, 15) is 13.2 Å². The Labute approximate surface area is 175 Å². The molecule has 0 amide bonds. The summed E-state index contributed by atoms with van der Waals surface area (Å²) in [6.07, 6.45) is 4.38. The van der Waals surface area contributed by atoms with Gasteiger partial charge in [-0.15, -0.1) is 0 Å². The first-order valence-corrected chi connectivity index (χ1v) is 11.7. The number of fused-ring (bicyclic) bond motifs is 2. The summed E-state index contributed by atoms with van der Waals surface area (Å²) in [7, 11) is -3.45. The predicted octanol–water partition coefficient (Wildman–Crippen LogP) is 3.96. The van der Waals surface area contributed by atoms with Gasteiger partial charge in [-0.25, -0.2) is 13.4 Å². The Morgan fingerprint density at radius 3 is 2.70 bits per heavy atom. The smallest absolute Gasteiger partial charge is 0.230 e. The zero-order chi connectivity index (χ0) is 21.1. The molecule has 1 aromatic carbocycles. The molecule has 0 radical (unpaired) electrons. The van der Waals surface area contributed by atoms with Gasteiger partial charge in [-0.3, -0.25) is 9.52 Å². The van der Waals surface area contributed by atoms with Gasteiger partial charge in [0.15, 0.2) is 5.78 Å². The number of carbonyl (C=O) groups excluding carboxylic acids is 1. The number of hydrogen-bond acceptors (Lipinski definition) is 5. The number of nitrogens with zero attached hydrogens (tertiary/aromatic N) is 1. The van der Waals surface area contributed by atoms with Gasteiger partial charge in [0.2, 0.25) is 10.0 Å². The monoisotopic (exact) mass is 422 g/mol. The van der Waals surface area contributed by atoms with Crippen LogP contribution in [-0.2, 0) is 16.4 Å². The second-order valence-corrected chi connectivity index (χ2v) is 10.2. The Balaban J connectivity index is 1.64. The maximum absolute atomic E-state index is 13.2. The van der Waals surface area contributed by atoms with Crippen LogP contribution in [0.5, 0.6) is 0 Å². The summed E-state index contributed by atoms with van der Waals surface area (Å²) in [5.41, 5.74) is 4.78. The normalized spacial score (nSPS) is 22.2. The minimum atomic E-state index is -3.45. The fourth-order valence-electron chi connectivity index (χ4n) is 4.39. The lowest BCUT2D eigenvalue weighted by atomic mass is 9.87. The number of rotatable bonds is 5. The van der Waals surface area contributed by atoms with Gasteiger partial charge in [0.25, 0.3) is 0 Å². The highest BCUT2D eigenvalue weighted by Gasteiger charge is 2.58. The largest absolute Gasteiger partial charge is 0.356 e. The average molecular weight is 423 g/mol. The van der Waals surface area contributed by atoms with Crippen molar-refractivity contribution in [1.29, 1.82) is 0 Å². The number of pyridine rings is 1. The van der Waals surface area contributed by atoms with Crippen LogP contribution < -0.4 is 10.0 Å². The van der Waals surface area contributed by atoms with E-state index in [1.807, 2.05) is 30.3 Å². The summed E-state index contributed by atoms with van der Waals surface area (Å²) in [5.74, 6) is 0.475. The molecule has 0 aliphatic heterocycles. The molecule has 5 rings (SSSR count). The van der Waals surface area contributed by atoms with Gasteiger partial charge in [0.1, 0.15) is 5.82 Å². The molecule has 0 unspecified atom stereocenters. The topological polar surface area (TPSA) is 104 Å². The molecular weight excluding hydrogens is 400 g/mol. The van der Waals surface area contributed by atoms with E-state index in [4.69, 9.17) is 0 Å². The lowest BCUT2D eigenvalue weighted by Crippen LogP contribution is -2.19. The fourth-order valence-corrected chi connectivity index (χ4v) is 4.88. The van der Waals surface area contributed by atoms with Crippen LogP contribution in [0.2, 0.25) is 0 Å². The molecule has 1 fully saturated rings. The maximum Gasteiger partial charge on any atom is 0.230 e. The number of sulfonamides is 1. The van der Waals surface area contributed by atoms with Crippen molar-refractivity contribution >= 4 is 33.0 Å². The number of para-hydroxylation sites is 1. The number of nitrogens with one attached hydrogen (secondary N) is 3. The third-order valence-electron chi connectivity index (χ3n) is 5.95. The summed E-state index contributed by atoms with van der Waals surface area (Å²) < 4.78 is 25.6. The van der Waals surface area contributed by atoms with Crippen LogP contribution >= 0.6 is 0 Å². The van der Waals surface area contributed by atoms with Crippen molar-refractivity contribution in [2.45, 2.75) is 19.8 Å². The van der Waals surface area contributed by atoms with Crippen molar-refractivity contribution in [3.8, 4) is 11.3 Å². The first kappa shape index (κ1) is 18.9. The molecule has 2 heterocycles. The number of Topliss-reactive ketones (excluding diaryl/α,β-unsaturated/α-hetero) is 1. The fraction of sp³-hybridized carbons (Fsp3) is 0.273. The van der Waals surface area contributed by atoms with E-state index in [1.54, 1.807) is 18.3 Å². The zero-order valence-electron chi connectivity index (χ0n) is 16.7. The third kappa shape index (κ3) is 3.27. The highest BCUT2D eigenvalue weighted by molar-refractivity contribution is 7.92. The standard InChI is InChI=1S/C22H22N4O3S/c1-22-11-15(22)21(27)18-16(12-22)25-19(20(18)24-14-6-4-3-5-7-14)13-8-9-23-17(10-13)26-30(2,28)29/h3-10,15,24-25H,11-12H2,1-2H3,(H,23,26)/t15-,22+/m0/s1. The molecule has 8 heteroatoms. The molecule has 0 spiro atoms. The van der Waals surface area contributed by atoms with Gasteiger partial charge >= 0.3 is 0 Å². The summed E-state index contributed by atoms with van der Waals surface area (Å²) >= 11 is 0. The maximum atomic E-state index is 13.2. The Kier molecular flexibility index (Phi) is 4.05. The first-order chi connectivity index (χ1) is 14.2. The minimum Gasteiger partial charge on any atom is -0.356 e. The predicted molar refractivity (Wildman–Crippen MR) is 116 cm³/mol. The van der Waals surface area contributed by atoms with Crippen LogP contribution in [0.25, 0.3) is 11.3 Å². The minimum absolute atomic E-state index is 0.0392. The average Bonchev–Trinajstić information content (AvgIpc) is 3.24. The van der Waals surface area contributed by atoms with Gasteiger partial charge in [-0.2, -0.15) is 0 Å². The van der Waals surface area contributed by atoms with E-state index < -0.39 is 10.0 Å². The van der Waals surface area contributed by atoms with Crippen molar-refractivity contribution in [3.63, 3.8) is 0 Å². The SMILES string of the molecule is C[C@@]12Cc3[nH]c(-c4ccnc(NS(C)(=O)=O)c4)c(Nc4ccccc4)c3C(=O)[C@@H]1C2. The molecule has 2 aliphatic carbocycles. The molecule has 0 saturated heterocycles. The second-order valence-electron chi connectivity index (χ2n) is 8.48. The molecule has 1 saturated carbocycles. The summed E-state index contributed by atoms with van der Waals surface area (Å²) in [6.45, 7) is 2.16. The van der Waals surface area contributed by atoms with Gasteiger partial charge in [0, 0.05) is 29.1 Å². The van der Waals surface area contributed by atoms with E-state index >= 15 is 0 Å². The van der Waals surface area contributed by atoms with Gasteiger partial charge < -0.3 is 10.3 Å².